The summed E-state index contributed by atoms with van der Waals surface area (Å²) < 4.78 is 302. The Bertz CT molecular complexity index is 2660. The number of hydrogen-bond donors (Lipinski definition) is 0. The number of aromatic nitrogens is 2. The van der Waals surface area contributed by atoms with Crippen molar-refractivity contribution in [2.45, 2.75) is 13.5 Å². The molecule has 0 aliphatic carbocycles. The van der Waals surface area contributed by atoms with E-state index in [1.165, 1.54) is 11.1 Å². The summed E-state index contributed by atoms with van der Waals surface area (Å²) >= 11 is 0. The lowest BCUT2D eigenvalue weighted by atomic mass is 9.12. The van der Waals surface area contributed by atoms with E-state index >= 15 is 35.1 Å². The second-order valence-corrected chi connectivity index (χ2v) is 13.8. The molecule has 0 saturated carbocycles. The van der Waals surface area contributed by atoms with Gasteiger partial charge in [0, 0.05) is 5.56 Å². The molecule has 0 aliphatic rings. The third-order valence-electron chi connectivity index (χ3n) is 9.89. The van der Waals surface area contributed by atoms with Gasteiger partial charge in [-0.25, -0.2) is 92.8 Å². The van der Waals surface area contributed by atoms with Crippen molar-refractivity contribution < 1.29 is 97.1 Å². The van der Waals surface area contributed by atoms with Gasteiger partial charge in [0.05, 0.1) is 6.20 Å². The van der Waals surface area contributed by atoms with Gasteiger partial charge in [0.25, 0.3) is 5.88 Å². The van der Waals surface area contributed by atoms with Crippen molar-refractivity contribution in [2.75, 3.05) is 0 Å². The monoisotopic (exact) mass is 956 g/mol. The van der Waals surface area contributed by atoms with Crippen LogP contribution >= 0.6 is 0 Å². The topological polar surface area (TPSA) is 26.0 Å². The Morgan fingerprint density at radius 1 is 0.409 bits per heavy atom. The fourth-order valence-electron chi connectivity index (χ4n) is 6.96. The minimum Gasteiger partial charge on any atom is -0.434 e. The molecule has 0 aliphatic heterocycles. The van der Waals surface area contributed by atoms with E-state index in [0.29, 0.717) is 5.88 Å². The van der Waals surface area contributed by atoms with Crippen molar-refractivity contribution in [3.8, 4) is 11.6 Å². The van der Waals surface area contributed by atoms with Crippen molar-refractivity contribution in [1.29, 1.82) is 0 Å². The van der Waals surface area contributed by atoms with E-state index in [1.807, 2.05) is 54.9 Å². The van der Waals surface area contributed by atoms with Crippen LogP contribution in [0.5, 0.6) is 11.6 Å². The zero-order valence-electron chi connectivity index (χ0n) is 32.1. The highest BCUT2D eigenvalue weighted by Crippen LogP contribution is 2.31. The summed E-state index contributed by atoms with van der Waals surface area (Å²) in [5.41, 5.74) is -11.9. The molecule has 0 bridgehead atoms. The van der Waals surface area contributed by atoms with Crippen molar-refractivity contribution in [1.82, 2.24) is 4.98 Å². The van der Waals surface area contributed by atoms with Crippen LogP contribution in [0.15, 0.2) is 73.2 Å². The van der Waals surface area contributed by atoms with Crippen LogP contribution in [0.4, 0.5) is 87.8 Å². The summed E-state index contributed by atoms with van der Waals surface area (Å²) in [4.78, 5) is 4.26. The fourth-order valence-corrected chi connectivity index (χ4v) is 6.96. The number of hydrogen-bond acceptors (Lipinski definition) is 2. The van der Waals surface area contributed by atoms with Gasteiger partial charge in [-0.2, -0.15) is 4.57 Å². The maximum Gasteiger partial charge on any atom is 0.285 e. The number of rotatable bonds is 8. The Labute approximate surface area is 355 Å². The summed E-state index contributed by atoms with van der Waals surface area (Å²) in [5, 5.41) is 0. The van der Waals surface area contributed by atoms with Gasteiger partial charge in [0.15, 0.2) is 82.5 Å². The Morgan fingerprint density at radius 3 is 1.03 bits per heavy atom. The van der Waals surface area contributed by atoms with Gasteiger partial charge in [0.1, 0.15) is 58.4 Å². The third-order valence-corrected chi connectivity index (χ3v) is 9.89. The second kappa shape index (κ2) is 18.4. The summed E-state index contributed by atoms with van der Waals surface area (Å²) in [6, 6.07) is 18.3. The average Bonchev–Trinajstić information content (AvgIpc) is 3.30. The Hall–Kier alpha value is -7.14. The van der Waals surface area contributed by atoms with Gasteiger partial charge < -0.3 is 4.74 Å². The van der Waals surface area contributed by atoms with Gasteiger partial charge in [-0.3, -0.25) is 0 Å². The maximum absolute atomic E-state index is 15.4. The van der Waals surface area contributed by atoms with Crippen LogP contribution in [0.2, 0.25) is 0 Å². The van der Waals surface area contributed by atoms with E-state index in [4.69, 9.17) is 4.74 Å². The van der Waals surface area contributed by atoms with E-state index in [-0.39, 0.29) is 0 Å². The molecule has 0 radical (unpaired) electrons. The standard InChI is InChI=1S/C24BF20.C18H17N2O/c26-5-1(6(27)14(35)21(42)13(5)34)25(2-7(28)15(36)22(43)16(37)8(2)29,3-9(30)17(38)23(44)18(39)10(3)31)4-11(32)19(40)24(45)20(41)12(4)33;1-15-7-9-17(10-8-15)21-18-14-20(12-11-19-18)13-16-5-3-2-4-6-16/h;2-12,14H,13H2,1H3/q-1;+1. The van der Waals surface area contributed by atoms with Gasteiger partial charge in [0.2, 0.25) is 6.20 Å². The molecule has 1 heterocycles. The summed E-state index contributed by atoms with van der Waals surface area (Å²) in [6.45, 7) is 2.85. The third kappa shape index (κ3) is 8.01. The Balaban J connectivity index is 0.000000284. The highest BCUT2D eigenvalue weighted by molar-refractivity contribution is 7.20. The van der Waals surface area contributed by atoms with Crippen LogP contribution in [0.3, 0.4) is 0 Å². The largest absolute Gasteiger partial charge is 0.434 e. The summed E-state index contributed by atoms with van der Waals surface area (Å²) in [6.07, 6.45) is -1.61. The van der Waals surface area contributed by atoms with Crippen LogP contribution in [0.25, 0.3) is 0 Å². The van der Waals surface area contributed by atoms with E-state index in [2.05, 4.69) is 28.6 Å². The molecule has 7 aromatic rings. The summed E-state index contributed by atoms with van der Waals surface area (Å²) in [7, 11) is 0. The molecule has 0 fully saturated rings. The lowest BCUT2D eigenvalue weighted by Crippen LogP contribution is -2.81. The number of ether oxygens (including phenoxy) is 1. The number of halogens is 20. The molecule has 0 amide bonds. The van der Waals surface area contributed by atoms with E-state index in [1.54, 1.807) is 6.20 Å². The minimum atomic E-state index is -7.22. The van der Waals surface area contributed by atoms with Crippen molar-refractivity contribution in [3.05, 3.63) is 201 Å². The molecule has 6 aromatic carbocycles. The second-order valence-electron chi connectivity index (χ2n) is 13.8. The number of aryl methyl sites for hydroxylation is 1. The lowest BCUT2D eigenvalue weighted by Gasteiger charge is -2.44. The molecule has 0 atom stereocenters. The first-order chi connectivity index (χ1) is 31.0. The molecule has 0 N–H and O–H groups in total. The van der Waals surface area contributed by atoms with E-state index in [9.17, 15) is 52.7 Å². The number of nitrogens with zero attached hydrogens (tertiary/aromatic N) is 2. The Kier molecular flexibility index (Phi) is 13.5. The molecule has 0 saturated heterocycles. The predicted octanol–water partition coefficient (Wildman–Crippen LogP) is 9.36. The molecule has 1 aromatic heterocycles. The fraction of sp³-hybridized carbons (Fsp3) is 0.0476. The maximum atomic E-state index is 15.4. The van der Waals surface area contributed by atoms with Crippen LogP contribution in [0, 0.1) is 123 Å². The molecule has 344 valence electrons. The van der Waals surface area contributed by atoms with Crippen LogP contribution < -0.4 is 31.2 Å². The molecule has 3 nitrogen and oxygen atoms in total. The van der Waals surface area contributed by atoms with Crippen LogP contribution in [-0.2, 0) is 6.54 Å². The normalized spacial score (nSPS) is 11.5. The van der Waals surface area contributed by atoms with E-state index < -0.39 is 144 Å². The average molecular weight is 956 g/mol. The first kappa shape index (κ1) is 48.3. The summed E-state index contributed by atoms with van der Waals surface area (Å²) in [5.74, 6) is -70.0. The van der Waals surface area contributed by atoms with Crippen LogP contribution in [-0.4, -0.2) is 11.1 Å². The van der Waals surface area contributed by atoms with E-state index in [0.717, 1.165) is 12.3 Å². The highest BCUT2D eigenvalue weighted by atomic mass is 19.2. The highest BCUT2D eigenvalue weighted by Gasteiger charge is 2.52. The zero-order valence-corrected chi connectivity index (χ0v) is 32.1. The first-order valence-electron chi connectivity index (χ1n) is 17.9. The van der Waals surface area contributed by atoms with Crippen LogP contribution in [0.1, 0.15) is 11.1 Å². The smallest absolute Gasteiger partial charge is 0.285 e. The van der Waals surface area contributed by atoms with Crippen molar-refractivity contribution in [3.63, 3.8) is 0 Å². The lowest BCUT2D eigenvalue weighted by molar-refractivity contribution is -0.689. The minimum absolute atomic E-state index is 0.595. The first-order valence-corrected chi connectivity index (χ1v) is 17.9. The van der Waals surface area contributed by atoms with Crippen molar-refractivity contribution in [2.24, 2.45) is 0 Å². The molecule has 24 heteroatoms. The van der Waals surface area contributed by atoms with Gasteiger partial charge in [-0.1, -0.05) is 48.0 Å². The SMILES string of the molecule is Cc1ccc(Oc2c[n+](Cc3ccccc3)ccn2)cc1.Fc1c(F)c(F)c([B-](c2c(F)c(F)c(F)c(F)c2F)(c2c(F)c(F)c(F)c(F)c2F)c2c(F)c(F)c(F)c(F)c2F)c(F)c1F. The van der Waals surface area contributed by atoms with Gasteiger partial charge in [-0.05, 0) is 19.1 Å². The molecule has 0 unspecified atom stereocenters. The zero-order chi connectivity index (χ0) is 48.8. The van der Waals surface area contributed by atoms with Gasteiger partial charge in [-0.15, -0.1) is 21.9 Å². The molecular weight excluding hydrogens is 939 g/mol. The molecular formula is C42H17BF20N2O. The van der Waals surface area contributed by atoms with Gasteiger partial charge >= 0.3 is 0 Å². The predicted molar refractivity (Wildman–Crippen MR) is 190 cm³/mol. The number of benzene rings is 6. The molecule has 0 spiro atoms. The Morgan fingerprint density at radius 2 is 0.712 bits per heavy atom. The van der Waals surface area contributed by atoms with Crippen molar-refractivity contribution >= 4 is 28.0 Å². The molecule has 66 heavy (non-hydrogen) atoms. The molecule has 7 rings (SSSR count). The quantitative estimate of drug-likeness (QED) is 0.0500.